The molecule has 61 heavy (non-hydrogen) atoms. The molecule has 1 unspecified atom stereocenters. The third-order valence-electron chi connectivity index (χ3n) is 12.6. The number of nitriles is 1. The van der Waals surface area contributed by atoms with Crippen LogP contribution in [0.2, 0.25) is 0 Å². The van der Waals surface area contributed by atoms with Crippen LogP contribution in [0.4, 0.5) is 11.4 Å². The number of amides is 2. The van der Waals surface area contributed by atoms with E-state index in [-0.39, 0.29) is 17.7 Å². The van der Waals surface area contributed by atoms with E-state index in [0.717, 1.165) is 36.8 Å². The first-order valence-electron chi connectivity index (χ1n) is 21.7. The molecular formula is C46H59N11O4. The van der Waals surface area contributed by atoms with E-state index in [0.29, 0.717) is 52.6 Å². The number of nitrogens with zero attached hydrogens (tertiary/aromatic N) is 9. The number of hydrogen-bond acceptors (Lipinski definition) is 11. The van der Waals surface area contributed by atoms with E-state index in [4.69, 9.17) is 10.2 Å². The molecule has 2 saturated heterocycles. The minimum Gasteiger partial charge on any atom is -0.386 e. The molecule has 8 rings (SSSR count). The van der Waals surface area contributed by atoms with Gasteiger partial charge in [0.25, 0.3) is 5.91 Å². The molecule has 15 heteroatoms. The Kier molecular flexibility index (Phi) is 13.8. The Bertz CT molecular complexity index is 2350. The molecule has 15 nitrogen and oxygen atoms in total. The van der Waals surface area contributed by atoms with Crippen LogP contribution in [0, 0.1) is 18.3 Å². The zero-order chi connectivity index (χ0) is 43.1. The molecular weight excluding hydrogens is 771 g/mol. The topological polar surface area (TPSA) is 176 Å². The number of fused-ring (bicyclic) bond motifs is 2. The number of nitrogens with one attached hydrogen (secondary N) is 2. The molecule has 3 fully saturated rings. The molecule has 2 aliphatic heterocycles. The Morgan fingerprint density at radius 1 is 0.984 bits per heavy atom. The lowest BCUT2D eigenvalue weighted by Crippen LogP contribution is -2.55. The minimum atomic E-state index is -1.17. The lowest BCUT2D eigenvalue weighted by atomic mass is 9.93. The maximum absolute atomic E-state index is 12.9. The van der Waals surface area contributed by atoms with Crippen molar-refractivity contribution < 1.29 is 19.5 Å². The average molecular weight is 830 g/mol. The molecule has 0 aromatic carbocycles. The first-order chi connectivity index (χ1) is 29.5. The number of aromatic nitrogens is 5. The highest BCUT2D eigenvalue weighted by Gasteiger charge is 2.31. The van der Waals surface area contributed by atoms with Gasteiger partial charge in [0, 0.05) is 89.0 Å². The number of aryl methyl sites for hydroxylation is 1. The molecule has 7 heterocycles. The summed E-state index contributed by atoms with van der Waals surface area (Å²) in [7, 11) is 1.64. The molecule has 3 aliphatic rings. The third-order valence-corrected chi connectivity index (χ3v) is 12.6. The van der Waals surface area contributed by atoms with Gasteiger partial charge in [-0.2, -0.15) is 10.4 Å². The SMILES string of the molecule is CC(C)(O)c1cc2nccn2cc1NC(=O)c1ccc2cc(C#N)cnn12.CNC(=O)C(CCC=O)c1ccc(N2CCC(N3CCN(C4CCCCC4)CC3)CC2)c(C)n1. The molecule has 0 radical (unpaired) electrons. The fourth-order valence-electron chi connectivity index (χ4n) is 9.29. The highest BCUT2D eigenvalue weighted by Crippen LogP contribution is 2.31. The highest BCUT2D eigenvalue weighted by molar-refractivity contribution is 6.04. The number of pyridine rings is 2. The largest absolute Gasteiger partial charge is 0.386 e. The zero-order valence-electron chi connectivity index (χ0n) is 35.9. The van der Waals surface area contributed by atoms with Crippen molar-refractivity contribution in [1.82, 2.24) is 39.1 Å². The Labute approximate surface area is 357 Å². The predicted octanol–water partition coefficient (Wildman–Crippen LogP) is 5.45. The van der Waals surface area contributed by atoms with Crippen LogP contribution in [0.25, 0.3) is 11.2 Å². The molecule has 0 spiro atoms. The Balaban J connectivity index is 0.000000189. The zero-order valence-corrected chi connectivity index (χ0v) is 35.9. The summed E-state index contributed by atoms with van der Waals surface area (Å²) in [5, 5.41) is 29.2. The second-order valence-corrected chi connectivity index (χ2v) is 17.1. The van der Waals surface area contributed by atoms with Gasteiger partial charge in [0.2, 0.25) is 5.91 Å². The van der Waals surface area contributed by atoms with Crippen LogP contribution < -0.4 is 15.5 Å². The predicted molar refractivity (Wildman–Crippen MR) is 235 cm³/mol. The van der Waals surface area contributed by atoms with Crippen molar-refractivity contribution in [3.63, 3.8) is 0 Å². The first kappa shape index (κ1) is 43.4. The molecule has 5 aromatic heterocycles. The number of rotatable bonds is 11. The van der Waals surface area contributed by atoms with Gasteiger partial charge in [0.05, 0.1) is 51.6 Å². The van der Waals surface area contributed by atoms with Crippen molar-refractivity contribution in [1.29, 1.82) is 5.26 Å². The van der Waals surface area contributed by atoms with Gasteiger partial charge >= 0.3 is 0 Å². The standard InChI is InChI=1S/C27H43N5O2.C19H16N6O2/c1-21-26(11-10-25(29-21)24(9-6-20-33)27(34)28-2)32-14-12-23(13-15-32)31-18-16-30(17-19-31)22-7-4-3-5-8-22;1-19(2,27)14-8-17-21-5-6-24(17)11-15(14)23-18(26)16-4-3-13-7-12(9-20)10-22-25(13)16/h10-11,20,22-24H,3-9,12-19H2,1-2H3,(H,28,34);3-8,10-11,27H,1-2H3,(H,23,26). The van der Waals surface area contributed by atoms with Gasteiger partial charge in [-0.25, -0.2) is 9.50 Å². The van der Waals surface area contributed by atoms with Gasteiger partial charge in [-0.3, -0.25) is 24.4 Å². The minimum absolute atomic E-state index is 0.0779. The fraction of sp³-hybridized carbons (Fsp3) is 0.500. The maximum atomic E-state index is 12.9. The molecule has 322 valence electrons. The number of carbonyl (C=O) groups is 3. The summed E-state index contributed by atoms with van der Waals surface area (Å²) in [6.07, 6.45) is 17.7. The Morgan fingerprint density at radius 2 is 1.69 bits per heavy atom. The summed E-state index contributed by atoms with van der Waals surface area (Å²) >= 11 is 0. The molecule has 1 saturated carbocycles. The van der Waals surface area contributed by atoms with Gasteiger partial charge in [-0.05, 0) is 89.3 Å². The molecule has 1 aliphatic carbocycles. The summed E-state index contributed by atoms with van der Waals surface area (Å²) in [5.74, 6) is -0.830. The Hall–Kier alpha value is -5.69. The maximum Gasteiger partial charge on any atom is 0.274 e. The van der Waals surface area contributed by atoms with E-state index in [1.165, 1.54) is 87.5 Å². The van der Waals surface area contributed by atoms with Crippen LogP contribution in [-0.4, -0.2) is 115 Å². The van der Waals surface area contributed by atoms with E-state index in [1.807, 2.05) is 19.1 Å². The quantitative estimate of drug-likeness (QED) is 0.144. The van der Waals surface area contributed by atoms with Crippen LogP contribution >= 0.6 is 0 Å². The number of piperidine rings is 1. The van der Waals surface area contributed by atoms with E-state index >= 15 is 0 Å². The number of imidazole rings is 1. The summed E-state index contributed by atoms with van der Waals surface area (Å²) in [6, 6.07) is 14.4. The van der Waals surface area contributed by atoms with E-state index < -0.39 is 5.60 Å². The lowest BCUT2D eigenvalue weighted by molar-refractivity contribution is -0.122. The van der Waals surface area contributed by atoms with E-state index in [9.17, 15) is 19.5 Å². The number of hydrogen-bond donors (Lipinski definition) is 3. The number of anilines is 2. The van der Waals surface area contributed by atoms with Gasteiger partial charge < -0.3 is 29.8 Å². The summed E-state index contributed by atoms with van der Waals surface area (Å²) < 4.78 is 3.23. The second-order valence-electron chi connectivity index (χ2n) is 17.1. The van der Waals surface area contributed by atoms with Crippen molar-refractivity contribution in [3.8, 4) is 6.07 Å². The van der Waals surface area contributed by atoms with Gasteiger partial charge in [-0.1, -0.05) is 19.3 Å². The van der Waals surface area contributed by atoms with Gasteiger partial charge in [-0.15, -0.1) is 0 Å². The van der Waals surface area contributed by atoms with E-state index in [2.05, 4.69) is 41.5 Å². The van der Waals surface area contributed by atoms with Crippen molar-refractivity contribution in [3.05, 3.63) is 89.4 Å². The number of aliphatic hydroxyl groups is 1. The molecule has 0 bridgehead atoms. The number of aldehydes is 1. The van der Waals surface area contributed by atoms with Crippen LogP contribution in [0.5, 0.6) is 0 Å². The molecule has 1 atom stereocenters. The number of piperazine rings is 1. The summed E-state index contributed by atoms with van der Waals surface area (Å²) in [5.41, 5.74) is 4.81. The van der Waals surface area contributed by atoms with E-state index in [1.54, 1.807) is 68.2 Å². The number of carbonyl (C=O) groups excluding carboxylic acids is 3. The van der Waals surface area contributed by atoms with Gasteiger partial charge in [0.1, 0.15) is 23.7 Å². The van der Waals surface area contributed by atoms with Crippen LogP contribution in [0.3, 0.4) is 0 Å². The van der Waals surface area contributed by atoms with Gasteiger partial charge in [0.15, 0.2) is 0 Å². The molecule has 5 aromatic rings. The average Bonchev–Trinajstić information content (AvgIpc) is 3.93. The molecule has 2 amide bonds. The third kappa shape index (κ3) is 10.1. The van der Waals surface area contributed by atoms with Crippen molar-refractivity contribution in [2.45, 2.75) is 102 Å². The molecule has 3 N–H and O–H groups in total. The van der Waals surface area contributed by atoms with Crippen LogP contribution in [-0.2, 0) is 15.2 Å². The summed E-state index contributed by atoms with van der Waals surface area (Å²) in [6.45, 7) is 12.4. The smallest absolute Gasteiger partial charge is 0.274 e. The van der Waals surface area contributed by atoms with Crippen LogP contribution in [0.1, 0.15) is 111 Å². The van der Waals surface area contributed by atoms with Crippen LogP contribution in [0.15, 0.2) is 61.2 Å². The Morgan fingerprint density at radius 3 is 2.33 bits per heavy atom. The van der Waals surface area contributed by atoms with Crippen molar-refractivity contribution in [2.24, 2.45) is 0 Å². The fourth-order valence-corrected chi connectivity index (χ4v) is 9.29. The lowest BCUT2D eigenvalue weighted by Gasteiger charge is -2.45. The second kappa shape index (κ2) is 19.4. The number of likely N-dealkylation sites (N-methyl/N-ethyl adjacent to an activating group) is 1. The summed E-state index contributed by atoms with van der Waals surface area (Å²) in [4.78, 5) is 53.0. The monoisotopic (exact) mass is 829 g/mol. The van der Waals surface area contributed by atoms with Crippen molar-refractivity contribution >= 4 is 40.6 Å². The normalized spacial score (nSPS) is 17.7. The van der Waals surface area contributed by atoms with Crippen molar-refractivity contribution in [2.75, 3.05) is 56.5 Å². The highest BCUT2D eigenvalue weighted by atomic mass is 16.3. The first-order valence-corrected chi connectivity index (χ1v) is 21.7.